The summed E-state index contributed by atoms with van der Waals surface area (Å²) < 4.78 is 0. The van der Waals surface area contributed by atoms with Gasteiger partial charge in [0.2, 0.25) is 0 Å². The van der Waals surface area contributed by atoms with E-state index in [1.807, 2.05) is 6.07 Å². The normalized spacial score (nSPS) is 12.3. The van der Waals surface area contributed by atoms with Crippen LogP contribution in [0.4, 0.5) is 4.79 Å². The van der Waals surface area contributed by atoms with Crippen LogP contribution in [0.3, 0.4) is 0 Å². The molecular formula is C13H16N4O4. The number of carboxylic acid groups (broad SMARTS) is 1. The zero-order valence-corrected chi connectivity index (χ0v) is 11.2. The molecule has 0 aliphatic rings. The number of carbonyl (C=O) groups is 1. The first-order valence-corrected chi connectivity index (χ1v) is 6.11. The summed E-state index contributed by atoms with van der Waals surface area (Å²) in [6, 6.07) is 7.89. The molecule has 1 atom stereocenters. The van der Waals surface area contributed by atoms with Gasteiger partial charge < -0.3 is 26.1 Å². The summed E-state index contributed by atoms with van der Waals surface area (Å²) in [7, 11) is 0. The number of amidine groups is 1. The van der Waals surface area contributed by atoms with Crippen molar-refractivity contribution in [1.29, 1.82) is 5.26 Å². The molecule has 5 N–H and O–H groups in total. The molecule has 112 valence electrons. The van der Waals surface area contributed by atoms with Crippen LogP contribution in [0.2, 0.25) is 0 Å². The maximum Gasteiger partial charge on any atom is 0.405 e. The monoisotopic (exact) mass is 292 g/mol. The Bertz CT molecular complexity index is 536. The van der Waals surface area contributed by atoms with Gasteiger partial charge in [-0.15, -0.1) is 0 Å². The summed E-state index contributed by atoms with van der Waals surface area (Å²) >= 11 is 0. The van der Waals surface area contributed by atoms with Gasteiger partial charge in [0, 0.05) is 6.42 Å². The fraction of sp³-hybridized carbons (Fsp3) is 0.308. The Hall–Kier alpha value is -2.79. The van der Waals surface area contributed by atoms with Crippen molar-refractivity contribution in [3.05, 3.63) is 35.4 Å². The summed E-state index contributed by atoms with van der Waals surface area (Å²) in [4.78, 5) is 15.5. The van der Waals surface area contributed by atoms with Crippen molar-refractivity contribution in [3.63, 3.8) is 0 Å². The van der Waals surface area contributed by atoms with E-state index in [2.05, 4.69) is 10.5 Å². The van der Waals surface area contributed by atoms with Crippen LogP contribution in [0.15, 0.2) is 29.4 Å². The highest BCUT2D eigenvalue weighted by atomic mass is 16.6. The van der Waals surface area contributed by atoms with Gasteiger partial charge in [0.15, 0.2) is 5.84 Å². The lowest BCUT2D eigenvalue weighted by molar-refractivity contribution is 0.0974. The minimum atomic E-state index is -1.24. The Morgan fingerprint density at radius 1 is 1.48 bits per heavy atom. The topological polar surface area (TPSA) is 141 Å². The maximum absolute atomic E-state index is 10.8. The Labute approximate surface area is 121 Å². The molecule has 0 heterocycles. The number of hydrogen-bond acceptors (Lipinski definition) is 5. The molecule has 0 aromatic heterocycles. The Kier molecular flexibility index (Phi) is 6.50. The molecule has 0 fully saturated rings. The van der Waals surface area contributed by atoms with Crippen LogP contribution in [0, 0.1) is 11.3 Å². The molecule has 0 radical (unpaired) electrons. The van der Waals surface area contributed by atoms with Gasteiger partial charge in [-0.3, -0.25) is 0 Å². The number of nitrogens with one attached hydrogen (secondary N) is 1. The SMILES string of the molecule is N#Cc1ccc(C[C@H](NC(=O)O)/C(N)=N/OCCO)cc1. The first-order chi connectivity index (χ1) is 10.1. The van der Waals surface area contributed by atoms with E-state index in [0.717, 1.165) is 5.56 Å². The molecule has 1 aromatic rings. The van der Waals surface area contributed by atoms with E-state index < -0.39 is 12.1 Å². The van der Waals surface area contributed by atoms with Gasteiger partial charge in [0.05, 0.1) is 24.3 Å². The molecule has 0 aliphatic heterocycles. The second kappa shape index (κ2) is 8.39. The van der Waals surface area contributed by atoms with E-state index >= 15 is 0 Å². The van der Waals surface area contributed by atoms with Gasteiger partial charge in [-0.2, -0.15) is 5.26 Å². The molecule has 1 amide bonds. The van der Waals surface area contributed by atoms with Crippen molar-refractivity contribution in [2.45, 2.75) is 12.5 Å². The minimum absolute atomic E-state index is 0.0304. The molecule has 0 unspecified atom stereocenters. The van der Waals surface area contributed by atoms with Crippen LogP contribution in [-0.2, 0) is 11.3 Å². The molecule has 8 heteroatoms. The number of nitrogens with zero attached hydrogens (tertiary/aromatic N) is 2. The fourth-order valence-electron chi connectivity index (χ4n) is 1.55. The van der Waals surface area contributed by atoms with Gasteiger partial charge in [0.1, 0.15) is 6.61 Å². The highest BCUT2D eigenvalue weighted by molar-refractivity contribution is 5.88. The smallest absolute Gasteiger partial charge is 0.405 e. The van der Waals surface area contributed by atoms with Crippen molar-refractivity contribution in [2.24, 2.45) is 10.9 Å². The highest BCUT2D eigenvalue weighted by Gasteiger charge is 2.17. The third-order valence-electron chi connectivity index (χ3n) is 2.53. The number of hydrogen-bond donors (Lipinski definition) is 4. The minimum Gasteiger partial charge on any atom is -0.465 e. The average Bonchev–Trinajstić information content (AvgIpc) is 2.47. The van der Waals surface area contributed by atoms with E-state index in [1.54, 1.807) is 24.3 Å². The van der Waals surface area contributed by atoms with Gasteiger partial charge in [-0.05, 0) is 17.7 Å². The van der Waals surface area contributed by atoms with Crippen LogP contribution in [0.5, 0.6) is 0 Å². The first-order valence-electron chi connectivity index (χ1n) is 6.11. The summed E-state index contributed by atoms with van der Waals surface area (Å²) in [6.45, 7) is -0.249. The molecular weight excluding hydrogens is 276 g/mol. The zero-order valence-electron chi connectivity index (χ0n) is 11.2. The lowest BCUT2D eigenvalue weighted by atomic mass is 10.0. The summed E-state index contributed by atoms with van der Waals surface area (Å²) in [5.74, 6) is -0.0461. The number of aliphatic hydroxyl groups excluding tert-OH is 1. The van der Waals surface area contributed by atoms with E-state index in [0.29, 0.717) is 5.56 Å². The lowest BCUT2D eigenvalue weighted by Crippen LogP contribution is -2.45. The molecule has 0 saturated carbocycles. The van der Waals surface area contributed by atoms with Crippen LogP contribution in [0.1, 0.15) is 11.1 Å². The third kappa shape index (κ3) is 5.80. The Balaban J connectivity index is 2.79. The highest BCUT2D eigenvalue weighted by Crippen LogP contribution is 2.07. The van der Waals surface area contributed by atoms with E-state index in [9.17, 15) is 4.79 Å². The number of oxime groups is 1. The second-order valence-corrected chi connectivity index (χ2v) is 4.09. The number of nitriles is 1. The predicted molar refractivity (Wildman–Crippen MR) is 74.5 cm³/mol. The Morgan fingerprint density at radius 2 is 2.14 bits per heavy atom. The van der Waals surface area contributed by atoms with Crippen molar-refractivity contribution < 1.29 is 19.8 Å². The van der Waals surface area contributed by atoms with Gasteiger partial charge >= 0.3 is 6.09 Å². The molecule has 0 bridgehead atoms. The van der Waals surface area contributed by atoms with Crippen LogP contribution in [0.25, 0.3) is 0 Å². The number of amides is 1. The van der Waals surface area contributed by atoms with Gasteiger partial charge in [-0.1, -0.05) is 17.3 Å². The number of rotatable bonds is 7. The summed E-state index contributed by atoms with van der Waals surface area (Å²) in [5, 5.41) is 31.9. The van der Waals surface area contributed by atoms with E-state index in [-0.39, 0.29) is 25.5 Å². The molecule has 0 spiro atoms. The summed E-state index contributed by atoms with van der Waals surface area (Å²) in [5.41, 5.74) is 6.97. The molecule has 0 saturated heterocycles. The van der Waals surface area contributed by atoms with Crippen LogP contribution < -0.4 is 11.1 Å². The van der Waals surface area contributed by atoms with Gasteiger partial charge in [-0.25, -0.2) is 4.79 Å². The standard InChI is InChI=1S/C13H16N4O4/c14-8-10-3-1-9(2-4-10)7-11(16-13(19)20)12(15)17-21-6-5-18/h1-4,11,16,18H,5-7H2,(H2,15,17)(H,19,20)/t11-/m0/s1. The quantitative estimate of drug-likeness (QED) is 0.241. The predicted octanol–water partition coefficient (Wildman–Crippen LogP) is 0.0181. The largest absolute Gasteiger partial charge is 0.465 e. The fourth-order valence-corrected chi connectivity index (χ4v) is 1.55. The van der Waals surface area contributed by atoms with Gasteiger partial charge in [0.25, 0.3) is 0 Å². The summed E-state index contributed by atoms with van der Waals surface area (Å²) in [6.07, 6.45) is -0.982. The zero-order chi connectivity index (χ0) is 15.7. The maximum atomic E-state index is 10.8. The van der Waals surface area contributed by atoms with Crippen LogP contribution >= 0.6 is 0 Å². The van der Waals surface area contributed by atoms with Crippen molar-refractivity contribution in [3.8, 4) is 6.07 Å². The Morgan fingerprint density at radius 3 is 2.67 bits per heavy atom. The van der Waals surface area contributed by atoms with Crippen molar-refractivity contribution in [2.75, 3.05) is 13.2 Å². The number of nitrogens with two attached hydrogens (primary N) is 1. The molecule has 1 rings (SSSR count). The average molecular weight is 292 g/mol. The van der Waals surface area contributed by atoms with Crippen LogP contribution in [-0.4, -0.2) is 41.4 Å². The van der Waals surface area contributed by atoms with Crippen molar-refractivity contribution >= 4 is 11.9 Å². The number of aliphatic hydroxyl groups is 1. The van der Waals surface area contributed by atoms with E-state index in [1.165, 1.54) is 0 Å². The molecule has 8 nitrogen and oxygen atoms in total. The molecule has 1 aromatic carbocycles. The first kappa shape index (κ1) is 16.3. The van der Waals surface area contributed by atoms with E-state index in [4.69, 9.17) is 26.0 Å². The number of benzene rings is 1. The lowest BCUT2D eigenvalue weighted by Gasteiger charge is -2.16. The second-order valence-electron chi connectivity index (χ2n) is 4.09. The van der Waals surface area contributed by atoms with Crippen molar-refractivity contribution in [1.82, 2.24) is 5.32 Å². The molecule has 21 heavy (non-hydrogen) atoms. The molecule has 0 aliphatic carbocycles. The third-order valence-corrected chi connectivity index (χ3v) is 2.53.